The van der Waals surface area contributed by atoms with Crippen molar-refractivity contribution in [3.8, 4) is 0 Å². The van der Waals surface area contributed by atoms with Gasteiger partial charge in [0.2, 0.25) is 0 Å². The topological polar surface area (TPSA) is 237 Å². The maximum atomic E-state index is 13.1. The van der Waals surface area contributed by atoms with Gasteiger partial charge in [-0.15, -0.1) is 0 Å². The molecule has 2 unspecified atom stereocenters. The number of esters is 4. The molecule has 0 aromatic heterocycles. The van der Waals surface area contributed by atoms with Crippen molar-refractivity contribution >= 4 is 39.5 Å². The molecule has 0 heterocycles. The van der Waals surface area contributed by atoms with Crippen LogP contribution in [0.2, 0.25) is 0 Å². The molecule has 17 nitrogen and oxygen atoms in total. The van der Waals surface area contributed by atoms with Gasteiger partial charge in [0, 0.05) is 25.7 Å². The van der Waals surface area contributed by atoms with Crippen molar-refractivity contribution in [1.29, 1.82) is 0 Å². The molecule has 0 aliphatic rings. The summed E-state index contributed by atoms with van der Waals surface area (Å²) < 4.78 is 68.7. The van der Waals surface area contributed by atoms with E-state index < -0.39 is 97.5 Å². The van der Waals surface area contributed by atoms with Crippen LogP contribution in [0.1, 0.15) is 426 Å². The first-order valence-corrected chi connectivity index (χ1v) is 45.6. The molecule has 0 bridgehead atoms. The maximum absolute atomic E-state index is 13.1. The first-order chi connectivity index (χ1) is 49.7. The molecule has 102 heavy (non-hydrogen) atoms. The Bertz CT molecular complexity index is 2020. The van der Waals surface area contributed by atoms with Crippen LogP contribution in [0.3, 0.4) is 0 Å². The van der Waals surface area contributed by atoms with E-state index in [1.165, 1.54) is 238 Å². The van der Waals surface area contributed by atoms with Gasteiger partial charge in [-0.1, -0.05) is 373 Å². The second-order valence-corrected chi connectivity index (χ2v) is 32.1. The van der Waals surface area contributed by atoms with Gasteiger partial charge in [-0.3, -0.25) is 37.3 Å². The van der Waals surface area contributed by atoms with E-state index in [4.69, 9.17) is 37.0 Å². The van der Waals surface area contributed by atoms with Gasteiger partial charge in [-0.05, 0) is 51.4 Å². The van der Waals surface area contributed by atoms with Crippen LogP contribution in [-0.4, -0.2) is 96.7 Å². The van der Waals surface area contributed by atoms with Gasteiger partial charge >= 0.3 is 39.5 Å². The number of hydrogen-bond donors (Lipinski definition) is 3. The number of allylic oxidation sites excluding steroid dienone is 4. The molecule has 0 saturated heterocycles. The first kappa shape index (κ1) is 99.5. The summed E-state index contributed by atoms with van der Waals surface area (Å²) in [6, 6.07) is 0. The fourth-order valence-corrected chi connectivity index (χ4v) is 14.0. The average Bonchev–Trinajstić information content (AvgIpc) is 0.922. The SMILES string of the molecule is CCCCCC/C=C\C=C/CCCCCCCC(=O)OC[C@H](COP(=O)(O)OC[C@@H](O)COP(=O)(O)OC[C@@H](COC(=O)CCCCCCCCCCCCC)OC(=O)CCCCCCCCCCCCCCCC)OC(=O)CCCCCCCCCCCCCCCCCCCCCCCC. The summed E-state index contributed by atoms with van der Waals surface area (Å²) in [6.07, 6.45) is 73.0. The van der Waals surface area contributed by atoms with Gasteiger partial charge < -0.3 is 33.8 Å². The van der Waals surface area contributed by atoms with Gasteiger partial charge in [0.15, 0.2) is 12.2 Å². The molecular formula is C83H158O17P2. The number of phosphoric acid groups is 2. The van der Waals surface area contributed by atoms with Crippen molar-refractivity contribution in [3.63, 3.8) is 0 Å². The summed E-state index contributed by atoms with van der Waals surface area (Å²) in [7, 11) is -9.93. The van der Waals surface area contributed by atoms with Crippen LogP contribution < -0.4 is 0 Å². The predicted octanol–water partition coefficient (Wildman–Crippen LogP) is 24.9. The molecule has 0 radical (unpaired) electrons. The standard InChI is InChI=1S/C83H158O17P2/c1-5-9-13-17-21-25-29-32-35-36-37-38-39-40-41-43-46-50-54-58-62-66-70-83(88)100-79(74-94-81(86)68-64-60-56-52-48-45-42-33-30-26-22-18-14-10-6-2)76-98-102(91,92)96-72-77(84)71-95-101(89,90)97-75-78(73-93-80(85)67-63-59-55-51-47-28-24-20-16-12-8-4)99-82(87)69-65-61-57-53-49-44-34-31-27-23-19-15-11-7-3/h26,30,33,42,77-79,84H,5-25,27-29,31-32,34-41,43-76H2,1-4H3,(H,89,90)(H,91,92)/b30-26-,42-33-/t77-,78+,79+/m0/s1. The minimum absolute atomic E-state index is 0.103. The molecule has 19 heteroatoms. The molecule has 0 aliphatic carbocycles. The molecule has 0 spiro atoms. The second kappa shape index (κ2) is 76.7. The quantitative estimate of drug-likeness (QED) is 0.0169. The minimum Gasteiger partial charge on any atom is -0.462 e. The van der Waals surface area contributed by atoms with Crippen LogP contribution in [-0.2, 0) is 65.4 Å². The number of hydrogen-bond acceptors (Lipinski definition) is 15. The zero-order valence-electron chi connectivity index (χ0n) is 66.1. The third-order valence-corrected chi connectivity index (χ3v) is 20.9. The van der Waals surface area contributed by atoms with E-state index in [1.54, 1.807) is 0 Å². The van der Waals surface area contributed by atoms with E-state index in [2.05, 4.69) is 52.0 Å². The lowest BCUT2D eigenvalue weighted by Crippen LogP contribution is -2.30. The third-order valence-electron chi connectivity index (χ3n) is 19.0. The summed E-state index contributed by atoms with van der Waals surface area (Å²) in [5.74, 6) is -2.13. The Kier molecular flexibility index (Phi) is 74.9. The number of phosphoric ester groups is 2. The molecule has 5 atom stereocenters. The van der Waals surface area contributed by atoms with Gasteiger partial charge in [-0.25, -0.2) is 9.13 Å². The molecule has 0 aromatic carbocycles. The van der Waals surface area contributed by atoms with Crippen LogP contribution in [0.5, 0.6) is 0 Å². The molecule has 0 rings (SSSR count). The van der Waals surface area contributed by atoms with Crippen LogP contribution >= 0.6 is 15.6 Å². The van der Waals surface area contributed by atoms with Crippen LogP contribution in [0.15, 0.2) is 24.3 Å². The molecule has 0 aliphatic heterocycles. The van der Waals surface area contributed by atoms with Gasteiger partial charge in [0.25, 0.3) is 0 Å². The fourth-order valence-electron chi connectivity index (χ4n) is 12.5. The van der Waals surface area contributed by atoms with E-state index in [-0.39, 0.29) is 25.7 Å². The number of carbonyl (C=O) groups is 4. The summed E-state index contributed by atoms with van der Waals surface area (Å²) in [5, 5.41) is 10.6. The summed E-state index contributed by atoms with van der Waals surface area (Å²) in [5.41, 5.74) is 0. The number of unbranched alkanes of at least 4 members (excludes halogenated alkanes) is 53. The number of aliphatic hydroxyl groups is 1. The second-order valence-electron chi connectivity index (χ2n) is 29.2. The maximum Gasteiger partial charge on any atom is 0.472 e. The zero-order valence-corrected chi connectivity index (χ0v) is 67.9. The number of ether oxygens (including phenoxy) is 4. The highest BCUT2D eigenvalue weighted by Gasteiger charge is 2.30. The van der Waals surface area contributed by atoms with Crippen molar-refractivity contribution in [1.82, 2.24) is 0 Å². The Balaban J connectivity index is 5.24. The van der Waals surface area contributed by atoms with Crippen LogP contribution in [0.25, 0.3) is 0 Å². The lowest BCUT2D eigenvalue weighted by atomic mass is 10.0. The van der Waals surface area contributed by atoms with Crippen molar-refractivity contribution < 1.29 is 80.2 Å². The summed E-state index contributed by atoms with van der Waals surface area (Å²) >= 11 is 0. The number of aliphatic hydroxyl groups excluding tert-OH is 1. The molecule has 602 valence electrons. The highest BCUT2D eigenvalue weighted by molar-refractivity contribution is 7.47. The van der Waals surface area contributed by atoms with Gasteiger partial charge in [0.05, 0.1) is 26.4 Å². The van der Waals surface area contributed by atoms with Crippen molar-refractivity contribution in [2.45, 2.75) is 444 Å². The smallest absolute Gasteiger partial charge is 0.462 e. The highest BCUT2D eigenvalue weighted by Crippen LogP contribution is 2.45. The predicted molar refractivity (Wildman–Crippen MR) is 418 cm³/mol. The van der Waals surface area contributed by atoms with Crippen molar-refractivity contribution in [3.05, 3.63) is 24.3 Å². The minimum atomic E-state index is -4.97. The number of rotatable bonds is 82. The van der Waals surface area contributed by atoms with E-state index in [0.717, 1.165) is 109 Å². The average molecular weight is 1490 g/mol. The largest absolute Gasteiger partial charge is 0.472 e. The zero-order chi connectivity index (χ0) is 74.6. The summed E-state index contributed by atoms with van der Waals surface area (Å²) in [4.78, 5) is 73.0. The Morgan fingerprint density at radius 3 is 0.716 bits per heavy atom. The van der Waals surface area contributed by atoms with E-state index in [9.17, 15) is 43.2 Å². The van der Waals surface area contributed by atoms with Gasteiger partial charge in [0.1, 0.15) is 19.3 Å². The summed E-state index contributed by atoms with van der Waals surface area (Å²) in [6.45, 7) is 4.97. The molecule has 0 aromatic rings. The lowest BCUT2D eigenvalue weighted by molar-refractivity contribution is -0.161. The van der Waals surface area contributed by atoms with Crippen molar-refractivity contribution in [2.75, 3.05) is 39.6 Å². The Morgan fingerprint density at radius 2 is 0.471 bits per heavy atom. The molecular weight excluding hydrogens is 1330 g/mol. The van der Waals surface area contributed by atoms with E-state index in [1.807, 2.05) is 0 Å². The first-order valence-electron chi connectivity index (χ1n) is 42.6. The molecule has 0 saturated carbocycles. The van der Waals surface area contributed by atoms with Gasteiger partial charge in [-0.2, -0.15) is 0 Å². The fraction of sp³-hybridized carbons (Fsp3) is 0.904. The molecule has 3 N–H and O–H groups in total. The Hall–Kier alpha value is -2.46. The molecule has 0 amide bonds. The monoisotopic (exact) mass is 1490 g/mol. The Morgan fingerprint density at radius 1 is 0.275 bits per heavy atom. The lowest BCUT2D eigenvalue weighted by Gasteiger charge is -2.21. The Labute approximate surface area is 624 Å². The van der Waals surface area contributed by atoms with E-state index in [0.29, 0.717) is 25.7 Å². The van der Waals surface area contributed by atoms with Crippen LogP contribution in [0, 0.1) is 0 Å². The highest BCUT2D eigenvalue weighted by atomic mass is 31.2. The normalized spacial score (nSPS) is 13.9. The third kappa shape index (κ3) is 75.8. The number of carbonyl (C=O) groups excluding carboxylic acids is 4. The molecule has 0 fully saturated rings. The van der Waals surface area contributed by atoms with E-state index >= 15 is 0 Å². The van der Waals surface area contributed by atoms with Crippen molar-refractivity contribution in [2.24, 2.45) is 0 Å². The van der Waals surface area contributed by atoms with Crippen LogP contribution in [0.4, 0.5) is 0 Å².